The number of aliphatic hydroxyl groups excluding tert-OH is 1. The molecular weight excluding hydrogens is 570 g/mol. The highest BCUT2D eigenvalue weighted by Crippen LogP contribution is 2.75. The highest BCUT2D eigenvalue weighted by Gasteiger charge is 2.86. The molecule has 1 aromatic carbocycles. The Kier molecular flexibility index (Phi) is 5.26. The molecule has 11 atom stereocenters. The number of fused-ring (bicyclic) bond motifs is 10. The minimum atomic E-state index is -1.23. The lowest BCUT2D eigenvalue weighted by Crippen LogP contribution is -2.76. The van der Waals surface area contributed by atoms with Crippen LogP contribution >= 0.6 is 0 Å². The molecule has 4 aliphatic carbocycles. The average molecular weight is 620 g/mol. The van der Waals surface area contributed by atoms with Gasteiger partial charge in [-0.3, -0.25) is 4.79 Å². The molecule has 0 radical (unpaired) electrons. The van der Waals surface area contributed by atoms with Gasteiger partial charge < -0.3 is 34.5 Å². The molecule has 8 nitrogen and oxygen atoms in total. The van der Waals surface area contributed by atoms with Gasteiger partial charge in [-0.1, -0.05) is 13.8 Å². The van der Waals surface area contributed by atoms with E-state index in [1.165, 1.54) is 16.6 Å². The molecule has 3 saturated heterocycles. The smallest absolute Gasteiger partial charge is 0.169 e. The zero-order valence-electron chi connectivity index (χ0n) is 27.9. The van der Waals surface area contributed by atoms with Crippen LogP contribution in [0.3, 0.4) is 0 Å². The largest absolute Gasteiger partial charge is 0.388 e. The summed E-state index contributed by atoms with van der Waals surface area (Å²) in [7, 11) is 0. The van der Waals surface area contributed by atoms with Gasteiger partial charge in [-0.25, -0.2) is 0 Å². The van der Waals surface area contributed by atoms with Gasteiger partial charge in [0.1, 0.15) is 23.9 Å². The van der Waals surface area contributed by atoms with E-state index in [0.29, 0.717) is 18.8 Å². The first-order valence-electron chi connectivity index (χ1n) is 17.2. The van der Waals surface area contributed by atoms with Crippen LogP contribution in [0.25, 0.3) is 10.9 Å². The summed E-state index contributed by atoms with van der Waals surface area (Å²) in [6.45, 7) is 16.3. The number of aromatic amines is 1. The molecule has 5 fully saturated rings. The molecule has 4 N–H and O–H groups in total. The molecule has 2 aromatic rings. The normalized spacial score (nSPS) is 48.5. The fourth-order valence-corrected chi connectivity index (χ4v) is 12.6. The standard InChI is InChI=1S/C37H49NO7/c1-31(2,41)29-27(40)30-37(44-30)23(43-29)12-13-34(7)35(8)17(11-14-36(34,37)42)15-20-24-19-16-21-25(33(5,6)45-32(21,3)4)26(39)18(19)9-10-22(24)38-28(20)35/h9-10,17,21,23,25,27,29-30,38,40-42H,11-16H2,1-8H3/t17?,21?,23-,25?,27+,29-,30+,34?,35+,36-,37-/m0/s1. The van der Waals surface area contributed by atoms with E-state index < -0.39 is 57.8 Å². The fourth-order valence-electron chi connectivity index (χ4n) is 12.6. The third-order valence-corrected chi connectivity index (χ3v) is 14.8. The van der Waals surface area contributed by atoms with Crippen molar-refractivity contribution in [2.45, 2.75) is 152 Å². The SMILES string of the molecule is CC1(C)OC(C)(C)C2C(=O)c3ccc4[nH]c5c(c4c3CC21)CC1CC[C@]2(O)C(C)(CC[C@@H]3O[C@H](C(C)(C)O)[C@@H](O)[C@H]4O[C@@]342)[C@@]51C. The number of carbonyl (C=O) groups excluding carboxylic acids is 1. The maximum absolute atomic E-state index is 14.2. The van der Waals surface area contributed by atoms with Crippen LogP contribution in [0.2, 0.25) is 0 Å². The molecule has 4 heterocycles. The molecule has 2 saturated carbocycles. The van der Waals surface area contributed by atoms with Gasteiger partial charge in [-0.2, -0.15) is 0 Å². The van der Waals surface area contributed by atoms with Gasteiger partial charge in [0.25, 0.3) is 0 Å². The molecule has 1 spiro atoms. The number of rotatable bonds is 1. The molecule has 45 heavy (non-hydrogen) atoms. The van der Waals surface area contributed by atoms with Crippen LogP contribution in [0.4, 0.5) is 0 Å². The van der Waals surface area contributed by atoms with Gasteiger partial charge in [0.15, 0.2) is 11.4 Å². The van der Waals surface area contributed by atoms with Gasteiger partial charge in [0.2, 0.25) is 0 Å². The lowest BCUT2D eigenvalue weighted by molar-refractivity contribution is -0.280. The second kappa shape index (κ2) is 8.07. The fraction of sp³-hybridized carbons (Fsp3) is 0.757. The summed E-state index contributed by atoms with van der Waals surface area (Å²) in [5, 5.41) is 36.4. The quantitative estimate of drug-likeness (QED) is 0.346. The van der Waals surface area contributed by atoms with Crippen LogP contribution in [-0.4, -0.2) is 78.5 Å². The Hall–Kier alpha value is -1.81. The first-order valence-corrected chi connectivity index (χ1v) is 17.2. The van der Waals surface area contributed by atoms with Crippen molar-refractivity contribution in [1.29, 1.82) is 0 Å². The minimum absolute atomic E-state index is 0.106. The number of carbonyl (C=O) groups is 1. The van der Waals surface area contributed by atoms with Gasteiger partial charge in [-0.15, -0.1) is 0 Å². The Morgan fingerprint density at radius 2 is 1.71 bits per heavy atom. The number of hydrogen-bond acceptors (Lipinski definition) is 7. The molecule has 7 aliphatic rings. The zero-order valence-corrected chi connectivity index (χ0v) is 27.9. The van der Waals surface area contributed by atoms with Crippen LogP contribution in [0.1, 0.15) is 108 Å². The van der Waals surface area contributed by atoms with Crippen molar-refractivity contribution in [3.63, 3.8) is 0 Å². The van der Waals surface area contributed by atoms with Crippen molar-refractivity contribution in [1.82, 2.24) is 4.98 Å². The van der Waals surface area contributed by atoms with Crippen molar-refractivity contribution in [2.24, 2.45) is 23.2 Å². The summed E-state index contributed by atoms with van der Waals surface area (Å²) in [4.78, 5) is 18.0. The van der Waals surface area contributed by atoms with Gasteiger partial charge >= 0.3 is 0 Å². The topological polar surface area (TPSA) is 125 Å². The van der Waals surface area contributed by atoms with Gasteiger partial charge in [0, 0.05) is 38.9 Å². The van der Waals surface area contributed by atoms with E-state index in [1.54, 1.807) is 13.8 Å². The molecule has 244 valence electrons. The molecule has 3 aliphatic heterocycles. The van der Waals surface area contributed by atoms with Crippen molar-refractivity contribution in [2.75, 3.05) is 0 Å². The summed E-state index contributed by atoms with van der Waals surface area (Å²) in [5.74, 6) is 0.467. The second-order valence-corrected chi connectivity index (χ2v) is 17.8. The Morgan fingerprint density at radius 3 is 2.42 bits per heavy atom. The van der Waals surface area contributed by atoms with Crippen molar-refractivity contribution in [3.8, 4) is 0 Å². The molecule has 0 bridgehead atoms. The Morgan fingerprint density at radius 1 is 0.978 bits per heavy atom. The molecule has 0 amide bonds. The number of benzene rings is 1. The van der Waals surface area contributed by atoms with Crippen LogP contribution in [0.5, 0.6) is 0 Å². The Labute approximate surface area is 265 Å². The molecular formula is C37H49NO7. The molecule has 4 unspecified atom stereocenters. The van der Waals surface area contributed by atoms with E-state index in [1.807, 2.05) is 6.07 Å². The number of epoxide rings is 1. The zero-order chi connectivity index (χ0) is 32.1. The molecule has 8 heteroatoms. The Bertz CT molecular complexity index is 1690. The van der Waals surface area contributed by atoms with Gasteiger partial charge in [0.05, 0.1) is 28.8 Å². The average Bonchev–Trinajstić information content (AvgIpc) is 3.44. The maximum Gasteiger partial charge on any atom is 0.169 e. The number of hydrogen-bond donors (Lipinski definition) is 4. The maximum atomic E-state index is 14.2. The summed E-state index contributed by atoms with van der Waals surface area (Å²) >= 11 is 0. The highest BCUT2D eigenvalue weighted by atomic mass is 16.7. The number of ether oxygens (including phenoxy) is 3. The van der Waals surface area contributed by atoms with Crippen molar-refractivity contribution in [3.05, 3.63) is 34.5 Å². The summed E-state index contributed by atoms with van der Waals surface area (Å²) in [6.07, 6.45) is 1.78. The lowest BCUT2D eigenvalue weighted by Gasteiger charge is -2.66. The third-order valence-electron chi connectivity index (χ3n) is 14.8. The summed E-state index contributed by atoms with van der Waals surface area (Å²) in [6, 6.07) is 4.11. The first-order chi connectivity index (χ1) is 20.8. The van der Waals surface area contributed by atoms with Crippen molar-refractivity contribution >= 4 is 16.7 Å². The number of nitrogens with one attached hydrogen (secondary N) is 1. The highest BCUT2D eigenvalue weighted by molar-refractivity contribution is 6.06. The van der Waals surface area contributed by atoms with E-state index in [4.69, 9.17) is 14.2 Å². The number of aliphatic hydroxyl groups is 3. The van der Waals surface area contributed by atoms with Crippen molar-refractivity contribution < 1.29 is 34.3 Å². The molecule has 1 aromatic heterocycles. The summed E-state index contributed by atoms with van der Waals surface area (Å²) < 4.78 is 19.4. The van der Waals surface area contributed by atoms with Gasteiger partial charge in [-0.05, 0) is 109 Å². The third kappa shape index (κ3) is 3.06. The second-order valence-electron chi connectivity index (χ2n) is 17.8. The molecule has 9 rings (SSSR count). The first kappa shape index (κ1) is 29.3. The predicted molar refractivity (Wildman–Crippen MR) is 167 cm³/mol. The monoisotopic (exact) mass is 619 g/mol. The van der Waals surface area contributed by atoms with Crippen LogP contribution < -0.4 is 0 Å². The van der Waals surface area contributed by atoms with Crippen LogP contribution in [0, 0.1) is 23.2 Å². The van der Waals surface area contributed by atoms with E-state index in [2.05, 4.69) is 52.6 Å². The number of H-pyrrole nitrogens is 1. The van der Waals surface area contributed by atoms with E-state index >= 15 is 0 Å². The lowest BCUT2D eigenvalue weighted by atomic mass is 9.40. The van der Waals surface area contributed by atoms with E-state index in [9.17, 15) is 20.1 Å². The number of Topliss-reactive ketones (excluding diaryl/α,β-unsaturated/α-hetero) is 1. The number of aromatic nitrogens is 1. The van der Waals surface area contributed by atoms with Crippen LogP contribution in [0.15, 0.2) is 12.1 Å². The Balaban J connectivity index is 1.17. The summed E-state index contributed by atoms with van der Waals surface area (Å²) in [5.41, 5.74) is 0.255. The minimum Gasteiger partial charge on any atom is -0.388 e. The predicted octanol–water partition coefficient (Wildman–Crippen LogP) is 4.52. The van der Waals surface area contributed by atoms with Crippen LogP contribution in [-0.2, 0) is 32.5 Å². The number of ketones is 1. The van der Waals surface area contributed by atoms with E-state index in [0.717, 1.165) is 42.3 Å². The van der Waals surface area contributed by atoms with E-state index in [-0.39, 0.29) is 23.0 Å².